The van der Waals surface area contributed by atoms with E-state index in [2.05, 4.69) is 13.8 Å². The van der Waals surface area contributed by atoms with Gasteiger partial charge in [0.25, 0.3) is 0 Å². The van der Waals surface area contributed by atoms with Crippen LogP contribution in [0.4, 0.5) is 0 Å². The molecule has 0 aromatic heterocycles. The number of carbonyl (C=O) groups excluding carboxylic acids is 1. The van der Waals surface area contributed by atoms with E-state index in [1.165, 1.54) is 0 Å². The van der Waals surface area contributed by atoms with Gasteiger partial charge < -0.3 is 4.74 Å². The quantitative estimate of drug-likeness (QED) is 0.244. The van der Waals surface area contributed by atoms with E-state index in [9.17, 15) is 4.79 Å². The molecule has 0 aliphatic carbocycles. The van der Waals surface area contributed by atoms with Gasteiger partial charge >= 0.3 is 5.97 Å². The summed E-state index contributed by atoms with van der Waals surface area (Å²) >= 11 is 0. The van der Waals surface area contributed by atoms with Gasteiger partial charge in [-0.3, -0.25) is 4.79 Å². The SMILES string of the molecule is CCCCCC(=O)OC(C)(C)C(C)(C)OOCCCC. The van der Waals surface area contributed by atoms with Crippen LogP contribution in [-0.2, 0) is 19.3 Å². The lowest BCUT2D eigenvalue weighted by molar-refractivity contribution is -0.381. The smallest absolute Gasteiger partial charge is 0.306 e. The standard InChI is InChI=1S/C16H32O4/c1-7-9-11-12-14(17)19-15(3,4)16(5,6)20-18-13-10-8-2/h7-13H2,1-6H3. The van der Waals surface area contributed by atoms with Crippen molar-refractivity contribution in [2.24, 2.45) is 0 Å². The third-order valence-electron chi connectivity index (χ3n) is 3.65. The molecule has 0 spiro atoms. The van der Waals surface area contributed by atoms with Crippen LogP contribution in [0, 0.1) is 0 Å². The summed E-state index contributed by atoms with van der Waals surface area (Å²) in [7, 11) is 0. The third-order valence-corrected chi connectivity index (χ3v) is 3.65. The molecule has 0 radical (unpaired) electrons. The summed E-state index contributed by atoms with van der Waals surface area (Å²) in [6, 6.07) is 0. The van der Waals surface area contributed by atoms with Crippen molar-refractivity contribution >= 4 is 5.97 Å². The first kappa shape index (κ1) is 19.4. The highest BCUT2D eigenvalue weighted by Gasteiger charge is 2.43. The molecule has 0 N–H and O–H groups in total. The molecule has 0 aliphatic heterocycles. The monoisotopic (exact) mass is 288 g/mol. The van der Waals surface area contributed by atoms with Crippen molar-refractivity contribution in [3.63, 3.8) is 0 Å². The van der Waals surface area contributed by atoms with Gasteiger partial charge in [-0.2, -0.15) is 0 Å². The maximum Gasteiger partial charge on any atom is 0.306 e. The average Bonchev–Trinajstić information content (AvgIpc) is 2.34. The van der Waals surface area contributed by atoms with E-state index in [0.717, 1.165) is 32.1 Å². The highest BCUT2D eigenvalue weighted by atomic mass is 17.2. The maximum atomic E-state index is 11.8. The summed E-state index contributed by atoms with van der Waals surface area (Å²) < 4.78 is 5.56. The van der Waals surface area contributed by atoms with Crippen LogP contribution in [0.5, 0.6) is 0 Å². The number of unbranched alkanes of at least 4 members (excludes halogenated alkanes) is 3. The fourth-order valence-corrected chi connectivity index (χ4v) is 1.47. The van der Waals surface area contributed by atoms with Crippen molar-refractivity contribution < 1.29 is 19.3 Å². The zero-order chi connectivity index (χ0) is 15.6. The van der Waals surface area contributed by atoms with Gasteiger partial charge in [0, 0.05) is 6.42 Å². The van der Waals surface area contributed by atoms with Gasteiger partial charge in [-0.05, 0) is 40.5 Å². The fraction of sp³-hybridized carbons (Fsp3) is 0.938. The lowest BCUT2D eigenvalue weighted by atomic mass is 9.89. The molecule has 120 valence electrons. The predicted octanol–water partition coefficient (Wildman–Crippen LogP) is 4.42. The van der Waals surface area contributed by atoms with Crippen LogP contribution in [0.3, 0.4) is 0 Å². The van der Waals surface area contributed by atoms with E-state index in [0.29, 0.717) is 13.0 Å². The minimum atomic E-state index is -0.734. The maximum absolute atomic E-state index is 11.8. The molecule has 0 saturated carbocycles. The van der Waals surface area contributed by atoms with Crippen molar-refractivity contribution in [1.29, 1.82) is 0 Å². The molecule has 0 heterocycles. The Morgan fingerprint density at radius 1 is 0.900 bits per heavy atom. The Balaban J connectivity index is 4.25. The second-order valence-corrected chi connectivity index (χ2v) is 6.21. The van der Waals surface area contributed by atoms with Crippen molar-refractivity contribution in [3.05, 3.63) is 0 Å². The number of hydrogen-bond donors (Lipinski definition) is 0. The normalized spacial score (nSPS) is 12.5. The molecule has 0 aliphatic rings. The number of ether oxygens (including phenoxy) is 1. The van der Waals surface area contributed by atoms with Crippen LogP contribution in [-0.4, -0.2) is 23.8 Å². The van der Waals surface area contributed by atoms with E-state index < -0.39 is 11.2 Å². The molecule has 4 heteroatoms. The van der Waals surface area contributed by atoms with E-state index in [1.807, 2.05) is 27.7 Å². The van der Waals surface area contributed by atoms with E-state index in [-0.39, 0.29) is 5.97 Å². The Hall–Kier alpha value is -0.610. The van der Waals surface area contributed by atoms with Crippen LogP contribution in [0.15, 0.2) is 0 Å². The summed E-state index contributed by atoms with van der Waals surface area (Å²) in [5.41, 5.74) is -1.43. The van der Waals surface area contributed by atoms with E-state index in [1.54, 1.807) is 0 Å². The molecule has 0 rings (SSSR count). The second-order valence-electron chi connectivity index (χ2n) is 6.21. The minimum absolute atomic E-state index is 0.173. The van der Waals surface area contributed by atoms with Gasteiger partial charge in [0.1, 0.15) is 11.2 Å². The molecule has 0 amide bonds. The molecule has 4 nitrogen and oxygen atoms in total. The van der Waals surface area contributed by atoms with Gasteiger partial charge in [-0.25, -0.2) is 9.78 Å². The minimum Gasteiger partial charge on any atom is -0.456 e. The van der Waals surface area contributed by atoms with Crippen LogP contribution >= 0.6 is 0 Å². The van der Waals surface area contributed by atoms with Crippen LogP contribution in [0.25, 0.3) is 0 Å². The summed E-state index contributed by atoms with van der Waals surface area (Å²) in [5.74, 6) is -0.173. The summed E-state index contributed by atoms with van der Waals surface area (Å²) in [6.45, 7) is 12.2. The zero-order valence-electron chi connectivity index (χ0n) is 14.1. The molecule has 0 aromatic carbocycles. The average molecular weight is 288 g/mol. The van der Waals surface area contributed by atoms with Gasteiger partial charge in [0.2, 0.25) is 0 Å². The molecule has 20 heavy (non-hydrogen) atoms. The van der Waals surface area contributed by atoms with Gasteiger partial charge in [-0.1, -0.05) is 33.1 Å². The molecular formula is C16H32O4. The van der Waals surface area contributed by atoms with E-state index >= 15 is 0 Å². The van der Waals surface area contributed by atoms with Gasteiger partial charge in [0.15, 0.2) is 0 Å². The highest BCUT2D eigenvalue weighted by molar-refractivity contribution is 5.69. The number of esters is 1. The third kappa shape index (κ3) is 7.25. The van der Waals surface area contributed by atoms with Crippen molar-refractivity contribution in [2.75, 3.05) is 6.61 Å². The number of carbonyl (C=O) groups is 1. The van der Waals surface area contributed by atoms with Crippen molar-refractivity contribution in [3.8, 4) is 0 Å². The number of hydrogen-bond acceptors (Lipinski definition) is 4. The van der Waals surface area contributed by atoms with Crippen LogP contribution in [0.1, 0.15) is 80.1 Å². The Labute approximate surface area is 124 Å². The van der Waals surface area contributed by atoms with Gasteiger partial charge in [-0.15, -0.1) is 0 Å². The first-order valence-electron chi connectivity index (χ1n) is 7.79. The van der Waals surface area contributed by atoms with Crippen molar-refractivity contribution in [1.82, 2.24) is 0 Å². The lowest BCUT2D eigenvalue weighted by Gasteiger charge is -2.39. The molecule has 0 bridgehead atoms. The Bertz CT molecular complexity index is 272. The Morgan fingerprint density at radius 3 is 2.05 bits per heavy atom. The molecule has 0 atom stereocenters. The Morgan fingerprint density at radius 2 is 1.50 bits per heavy atom. The predicted molar refractivity (Wildman–Crippen MR) is 80.3 cm³/mol. The van der Waals surface area contributed by atoms with Crippen LogP contribution < -0.4 is 0 Å². The highest BCUT2D eigenvalue weighted by Crippen LogP contribution is 2.30. The Kier molecular flexibility index (Phi) is 9.06. The second kappa shape index (κ2) is 9.35. The first-order chi connectivity index (χ1) is 9.27. The molecule has 0 fully saturated rings. The largest absolute Gasteiger partial charge is 0.456 e. The zero-order valence-corrected chi connectivity index (χ0v) is 14.1. The van der Waals surface area contributed by atoms with E-state index in [4.69, 9.17) is 14.5 Å². The summed E-state index contributed by atoms with van der Waals surface area (Å²) in [4.78, 5) is 22.5. The molecule has 0 aromatic rings. The summed E-state index contributed by atoms with van der Waals surface area (Å²) in [5, 5.41) is 0. The first-order valence-corrected chi connectivity index (χ1v) is 7.79. The van der Waals surface area contributed by atoms with Crippen molar-refractivity contribution in [2.45, 2.75) is 91.3 Å². The van der Waals surface area contributed by atoms with Gasteiger partial charge in [0.05, 0.1) is 6.61 Å². The summed E-state index contributed by atoms with van der Waals surface area (Å²) in [6.07, 6.45) is 5.49. The van der Waals surface area contributed by atoms with Crippen LogP contribution in [0.2, 0.25) is 0 Å². The molecular weight excluding hydrogens is 256 g/mol. The lowest BCUT2D eigenvalue weighted by Crippen LogP contribution is -2.50. The molecule has 0 saturated heterocycles. The molecule has 0 unspecified atom stereocenters. The fourth-order valence-electron chi connectivity index (χ4n) is 1.47. The number of rotatable bonds is 11. The topological polar surface area (TPSA) is 44.8 Å².